The number of carbonyl (C=O) groups is 2. The fraction of sp³-hybridized carbons (Fsp3) is 0.522. The maximum atomic E-state index is 10.7. The third kappa shape index (κ3) is 6.61. The largest absolute Gasteiger partial charge is 0.444 e. The van der Waals surface area contributed by atoms with Gasteiger partial charge in [-0.1, -0.05) is 31.0 Å². The molecule has 1 unspecified atom stereocenters. The average Bonchev–Trinajstić information content (AvgIpc) is 3.24. The second-order valence-corrected chi connectivity index (χ2v) is 8.56. The summed E-state index contributed by atoms with van der Waals surface area (Å²) in [5.41, 5.74) is 4.84. The number of rotatable bonds is 5. The van der Waals surface area contributed by atoms with Gasteiger partial charge in [-0.3, -0.25) is 0 Å². The minimum atomic E-state index is -0.565. The first-order chi connectivity index (χ1) is 14.1. The van der Waals surface area contributed by atoms with Gasteiger partial charge in [0, 0.05) is 31.0 Å². The summed E-state index contributed by atoms with van der Waals surface area (Å²) in [6.07, 6.45) is 5.30. The fourth-order valence-electron chi connectivity index (χ4n) is 3.40. The lowest BCUT2D eigenvalue weighted by Crippen LogP contribution is -2.33. The molecule has 0 spiro atoms. The molecule has 2 heterocycles. The van der Waals surface area contributed by atoms with Gasteiger partial charge in [0.25, 0.3) is 0 Å². The molecule has 3 rings (SSSR count). The highest BCUT2D eigenvalue weighted by molar-refractivity contribution is 5.71. The van der Waals surface area contributed by atoms with Gasteiger partial charge in [-0.25, -0.2) is 9.78 Å². The maximum absolute atomic E-state index is 10.7. The van der Waals surface area contributed by atoms with E-state index in [0.717, 1.165) is 25.1 Å². The number of ether oxygens (including phenoxy) is 1. The Morgan fingerprint density at radius 1 is 1.40 bits per heavy atom. The Balaban J connectivity index is 0.000000252. The predicted octanol–water partition coefficient (Wildman–Crippen LogP) is 4.11. The molecule has 2 N–H and O–H groups in total. The summed E-state index contributed by atoms with van der Waals surface area (Å²) in [5, 5.41) is 2.26. The molecular formula is C23H34N4O3. The number of carbonyl (C=O) groups excluding carboxylic acids is 2. The van der Waals surface area contributed by atoms with Crippen molar-refractivity contribution in [1.29, 1.82) is 0 Å². The van der Waals surface area contributed by atoms with Gasteiger partial charge < -0.3 is 24.7 Å². The number of imidazole rings is 1. The number of benzene rings is 1. The van der Waals surface area contributed by atoms with Crippen LogP contribution in [0.3, 0.4) is 0 Å². The Hall–Kier alpha value is -2.83. The Kier molecular flexibility index (Phi) is 8.03. The number of nitrogens with zero attached hydrogens (tertiary/aromatic N) is 2. The number of hydrogen-bond donors (Lipinski definition) is 2. The summed E-state index contributed by atoms with van der Waals surface area (Å²) in [6.45, 7) is 9.62. The van der Waals surface area contributed by atoms with Crippen LogP contribution in [-0.2, 0) is 22.4 Å². The first-order valence-corrected chi connectivity index (χ1v) is 10.4. The molecule has 1 aliphatic heterocycles. The van der Waals surface area contributed by atoms with Crippen molar-refractivity contribution >= 4 is 18.1 Å². The number of amides is 1. The van der Waals surface area contributed by atoms with E-state index in [2.05, 4.69) is 59.3 Å². The summed E-state index contributed by atoms with van der Waals surface area (Å²) >= 11 is 0. The topological polar surface area (TPSA) is 87.3 Å². The Morgan fingerprint density at radius 3 is 2.77 bits per heavy atom. The SMILES string of the molecule is CC(C)(C)OC(=O)NCC=O.CCCc1cnc(C2Cc3cc(C)ccc3N2C)[nH]1. The van der Waals surface area contributed by atoms with Crippen molar-refractivity contribution in [3.63, 3.8) is 0 Å². The van der Waals surface area contributed by atoms with E-state index in [9.17, 15) is 9.59 Å². The van der Waals surface area contributed by atoms with Gasteiger partial charge in [0.2, 0.25) is 0 Å². The molecule has 1 atom stereocenters. The average molecular weight is 415 g/mol. The molecule has 0 bridgehead atoms. The van der Waals surface area contributed by atoms with Crippen molar-refractivity contribution in [2.75, 3.05) is 18.5 Å². The molecule has 1 aromatic carbocycles. The first-order valence-electron chi connectivity index (χ1n) is 10.4. The monoisotopic (exact) mass is 414 g/mol. The summed E-state index contributed by atoms with van der Waals surface area (Å²) in [7, 11) is 2.16. The number of aromatic nitrogens is 2. The summed E-state index contributed by atoms with van der Waals surface area (Å²) in [4.78, 5) is 30.9. The smallest absolute Gasteiger partial charge is 0.408 e. The van der Waals surface area contributed by atoms with Crippen molar-refractivity contribution in [2.45, 2.75) is 65.5 Å². The highest BCUT2D eigenvalue weighted by Crippen LogP contribution is 2.38. The van der Waals surface area contributed by atoms with Gasteiger partial charge >= 0.3 is 6.09 Å². The van der Waals surface area contributed by atoms with E-state index in [1.165, 1.54) is 22.5 Å². The Labute approximate surface area is 179 Å². The van der Waals surface area contributed by atoms with E-state index in [1.807, 2.05) is 6.20 Å². The van der Waals surface area contributed by atoms with Gasteiger partial charge in [0.1, 0.15) is 17.7 Å². The Bertz CT molecular complexity index is 854. The molecule has 1 aliphatic rings. The van der Waals surface area contributed by atoms with Crippen molar-refractivity contribution < 1.29 is 14.3 Å². The lowest BCUT2D eigenvalue weighted by molar-refractivity contribution is -0.107. The van der Waals surface area contributed by atoms with Crippen molar-refractivity contribution in [3.8, 4) is 0 Å². The summed E-state index contributed by atoms with van der Waals surface area (Å²) in [6, 6.07) is 7.05. The van der Waals surface area contributed by atoms with E-state index in [0.29, 0.717) is 12.3 Å². The van der Waals surface area contributed by atoms with Crippen LogP contribution >= 0.6 is 0 Å². The molecule has 1 aromatic heterocycles. The van der Waals surface area contributed by atoms with Crippen LogP contribution in [0, 0.1) is 6.92 Å². The lowest BCUT2D eigenvalue weighted by atomic mass is 10.1. The highest BCUT2D eigenvalue weighted by atomic mass is 16.6. The molecule has 30 heavy (non-hydrogen) atoms. The molecule has 0 radical (unpaired) electrons. The molecule has 2 aromatic rings. The summed E-state index contributed by atoms with van der Waals surface area (Å²) in [5.74, 6) is 1.10. The standard InChI is InChI=1S/C16H21N3.C7H13NO3/c1-4-5-13-10-17-16(18-13)15-9-12-8-11(2)6-7-14(12)19(15)3;1-7(2,3)11-6(10)8-4-5-9/h6-8,10,15H,4-5,9H2,1-3H3,(H,17,18);5H,4H2,1-3H3,(H,8,10). The summed E-state index contributed by atoms with van der Waals surface area (Å²) < 4.78 is 4.83. The quantitative estimate of drug-likeness (QED) is 0.719. The number of alkyl carbamates (subject to hydrolysis) is 1. The third-order valence-electron chi connectivity index (χ3n) is 4.71. The fourth-order valence-corrected chi connectivity index (χ4v) is 3.40. The maximum Gasteiger partial charge on any atom is 0.408 e. The second kappa shape index (κ2) is 10.3. The molecule has 7 heteroatoms. The number of nitrogens with one attached hydrogen (secondary N) is 2. The van der Waals surface area contributed by atoms with Gasteiger partial charge in [-0.05, 0) is 45.7 Å². The van der Waals surface area contributed by atoms with Crippen LogP contribution in [0.5, 0.6) is 0 Å². The molecule has 0 saturated carbocycles. The van der Waals surface area contributed by atoms with E-state index < -0.39 is 11.7 Å². The molecule has 164 valence electrons. The number of aryl methyl sites for hydroxylation is 2. The zero-order valence-electron chi connectivity index (χ0n) is 18.9. The zero-order chi connectivity index (χ0) is 22.3. The predicted molar refractivity (Wildman–Crippen MR) is 119 cm³/mol. The normalized spacial score (nSPS) is 15.1. The third-order valence-corrected chi connectivity index (χ3v) is 4.71. The van der Waals surface area contributed by atoms with Crippen LogP contribution in [0.25, 0.3) is 0 Å². The molecule has 7 nitrogen and oxygen atoms in total. The first kappa shape index (κ1) is 23.4. The second-order valence-electron chi connectivity index (χ2n) is 8.56. The van der Waals surface area contributed by atoms with Gasteiger partial charge in [0.05, 0.1) is 12.6 Å². The number of anilines is 1. The van der Waals surface area contributed by atoms with E-state index in [4.69, 9.17) is 4.74 Å². The van der Waals surface area contributed by atoms with E-state index >= 15 is 0 Å². The van der Waals surface area contributed by atoms with Crippen LogP contribution in [-0.4, -0.2) is 41.5 Å². The van der Waals surface area contributed by atoms with Gasteiger partial charge in [-0.2, -0.15) is 0 Å². The van der Waals surface area contributed by atoms with Crippen LogP contribution in [0.15, 0.2) is 24.4 Å². The van der Waals surface area contributed by atoms with Gasteiger partial charge in [-0.15, -0.1) is 0 Å². The number of likely N-dealkylation sites (N-methyl/N-ethyl adjacent to an activating group) is 1. The van der Waals surface area contributed by atoms with Crippen LogP contribution in [0.2, 0.25) is 0 Å². The molecule has 0 saturated heterocycles. The van der Waals surface area contributed by atoms with Crippen molar-refractivity contribution in [1.82, 2.24) is 15.3 Å². The van der Waals surface area contributed by atoms with Crippen molar-refractivity contribution in [3.05, 3.63) is 47.0 Å². The number of aromatic amines is 1. The highest BCUT2D eigenvalue weighted by Gasteiger charge is 2.29. The number of aldehydes is 1. The van der Waals surface area contributed by atoms with Gasteiger partial charge in [0.15, 0.2) is 0 Å². The zero-order valence-corrected chi connectivity index (χ0v) is 18.9. The lowest BCUT2D eigenvalue weighted by Gasteiger charge is -2.20. The number of fused-ring (bicyclic) bond motifs is 1. The number of H-pyrrole nitrogens is 1. The molecular weight excluding hydrogens is 380 g/mol. The van der Waals surface area contributed by atoms with Crippen LogP contribution in [0.1, 0.15) is 62.8 Å². The molecule has 1 amide bonds. The van der Waals surface area contributed by atoms with Crippen LogP contribution < -0.4 is 10.2 Å². The minimum Gasteiger partial charge on any atom is -0.444 e. The van der Waals surface area contributed by atoms with Crippen LogP contribution in [0.4, 0.5) is 10.5 Å². The minimum absolute atomic E-state index is 0.00505. The molecule has 0 fully saturated rings. The van der Waals surface area contributed by atoms with E-state index in [1.54, 1.807) is 20.8 Å². The van der Waals surface area contributed by atoms with Crippen molar-refractivity contribution in [2.24, 2.45) is 0 Å². The molecule has 0 aliphatic carbocycles. The number of hydrogen-bond acceptors (Lipinski definition) is 5. The van der Waals surface area contributed by atoms with E-state index in [-0.39, 0.29) is 6.54 Å². The Morgan fingerprint density at radius 2 is 2.13 bits per heavy atom.